The number of rotatable bonds is 4. The third kappa shape index (κ3) is 3.87. The molecule has 0 heterocycles. The van der Waals surface area contributed by atoms with Gasteiger partial charge in [0, 0.05) is 27.2 Å². The fourth-order valence-electron chi connectivity index (χ4n) is 1.96. The third-order valence-electron chi connectivity index (χ3n) is 2.88. The summed E-state index contributed by atoms with van der Waals surface area (Å²) >= 11 is 12.5. The van der Waals surface area contributed by atoms with Crippen LogP contribution in [0.4, 0.5) is 0 Å². The van der Waals surface area contributed by atoms with Gasteiger partial charge in [-0.1, -0.05) is 59.6 Å². The first-order valence-electron chi connectivity index (χ1n) is 6.51. The fourth-order valence-corrected chi connectivity index (χ4v) is 2.44. The molecule has 0 radical (unpaired) electrons. The van der Waals surface area contributed by atoms with Crippen LogP contribution in [0.5, 0.6) is 0 Å². The quantitative estimate of drug-likeness (QED) is 0.586. The topological polar surface area (TPSA) is 26.3 Å². The van der Waals surface area contributed by atoms with Crippen molar-refractivity contribution in [1.29, 1.82) is 0 Å². The van der Waals surface area contributed by atoms with E-state index in [1.807, 2.05) is 36.4 Å². The molecule has 2 nitrogen and oxygen atoms in total. The zero-order valence-electron chi connectivity index (χ0n) is 11.5. The Bertz CT molecular complexity index is 630. The molecule has 0 saturated heterocycles. The van der Waals surface area contributed by atoms with Crippen LogP contribution in [0.15, 0.2) is 54.6 Å². The van der Waals surface area contributed by atoms with Crippen LogP contribution in [-0.4, -0.2) is 12.6 Å². The molecule has 0 atom stereocenters. The molecule has 0 aliphatic rings. The lowest BCUT2D eigenvalue weighted by Crippen LogP contribution is -2.02. The molecule has 4 heteroatoms. The van der Waals surface area contributed by atoms with Crippen molar-refractivity contribution in [3.8, 4) is 0 Å². The van der Waals surface area contributed by atoms with Gasteiger partial charge < -0.3 is 4.74 Å². The van der Waals surface area contributed by atoms with Gasteiger partial charge in [-0.15, -0.1) is 0 Å². The number of halogens is 2. The van der Waals surface area contributed by atoms with E-state index in [1.165, 1.54) is 6.08 Å². The van der Waals surface area contributed by atoms with Crippen LogP contribution in [0.1, 0.15) is 18.1 Å². The first kappa shape index (κ1) is 15.6. The van der Waals surface area contributed by atoms with Crippen molar-refractivity contribution in [1.82, 2.24) is 0 Å². The van der Waals surface area contributed by atoms with Gasteiger partial charge in [-0.05, 0) is 24.6 Å². The van der Waals surface area contributed by atoms with Gasteiger partial charge >= 0.3 is 5.97 Å². The van der Waals surface area contributed by atoms with Gasteiger partial charge in [-0.25, -0.2) is 4.79 Å². The summed E-state index contributed by atoms with van der Waals surface area (Å²) in [7, 11) is 0. The molecule has 0 amide bonds. The molecule has 21 heavy (non-hydrogen) atoms. The summed E-state index contributed by atoms with van der Waals surface area (Å²) in [6.45, 7) is 2.07. The lowest BCUT2D eigenvalue weighted by Gasteiger charge is -2.11. The van der Waals surface area contributed by atoms with E-state index >= 15 is 0 Å². The molecular weight excluding hydrogens is 307 g/mol. The molecule has 2 aromatic rings. The minimum absolute atomic E-state index is 0.313. The summed E-state index contributed by atoms with van der Waals surface area (Å²) in [5, 5.41) is 1.10. The van der Waals surface area contributed by atoms with Crippen molar-refractivity contribution in [3.05, 3.63) is 75.8 Å². The van der Waals surface area contributed by atoms with Gasteiger partial charge in [0.15, 0.2) is 0 Å². The number of carbonyl (C=O) groups is 1. The Hall–Kier alpha value is -1.77. The maximum atomic E-state index is 11.8. The first-order valence-corrected chi connectivity index (χ1v) is 7.27. The molecule has 0 aliphatic carbocycles. The second-order valence-corrected chi connectivity index (χ2v) is 5.08. The van der Waals surface area contributed by atoms with Crippen LogP contribution in [-0.2, 0) is 9.53 Å². The number of carbonyl (C=O) groups excluding carboxylic acids is 1. The lowest BCUT2D eigenvalue weighted by molar-refractivity contribution is -0.137. The summed E-state index contributed by atoms with van der Waals surface area (Å²) < 4.78 is 4.99. The molecule has 0 fully saturated rings. The summed E-state index contributed by atoms with van der Waals surface area (Å²) in [6.07, 6.45) is 1.42. The van der Waals surface area contributed by atoms with Crippen molar-refractivity contribution < 1.29 is 9.53 Å². The van der Waals surface area contributed by atoms with Crippen molar-refractivity contribution in [2.24, 2.45) is 0 Å². The monoisotopic (exact) mass is 320 g/mol. The van der Waals surface area contributed by atoms with E-state index in [9.17, 15) is 4.79 Å². The minimum Gasteiger partial charge on any atom is -0.463 e. The van der Waals surface area contributed by atoms with E-state index in [0.29, 0.717) is 22.2 Å². The van der Waals surface area contributed by atoms with E-state index in [1.54, 1.807) is 19.1 Å². The molecule has 0 aliphatic heterocycles. The highest BCUT2D eigenvalue weighted by Gasteiger charge is 2.13. The van der Waals surface area contributed by atoms with Gasteiger partial charge in [-0.3, -0.25) is 0 Å². The highest BCUT2D eigenvalue weighted by molar-refractivity contribution is 6.34. The Kier molecular flexibility index (Phi) is 5.43. The normalized spacial score (nSPS) is 10.0. The number of esters is 1. The lowest BCUT2D eigenvalue weighted by atomic mass is 9.97. The van der Waals surface area contributed by atoms with Crippen molar-refractivity contribution >= 4 is 34.7 Å². The number of benzene rings is 2. The summed E-state index contributed by atoms with van der Waals surface area (Å²) in [5.41, 5.74) is 2.12. The van der Waals surface area contributed by atoms with Gasteiger partial charge in [0.05, 0.1) is 6.61 Å². The molecule has 0 saturated carbocycles. The van der Waals surface area contributed by atoms with E-state index < -0.39 is 5.97 Å². The second-order valence-electron chi connectivity index (χ2n) is 4.27. The smallest absolute Gasteiger partial charge is 0.331 e. The van der Waals surface area contributed by atoms with Gasteiger partial charge in [0.25, 0.3) is 0 Å². The van der Waals surface area contributed by atoms with Crippen LogP contribution < -0.4 is 0 Å². The van der Waals surface area contributed by atoms with Crippen LogP contribution in [0.3, 0.4) is 0 Å². The Balaban J connectivity index is 2.58. The molecule has 0 unspecified atom stereocenters. The maximum absolute atomic E-state index is 11.8. The van der Waals surface area contributed by atoms with E-state index in [-0.39, 0.29) is 0 Å². The predicted molar refractivity (Wildman–Crippen MR) is 86.6 cm³/mol. The van der Waals surface area contributed by atoms with E-state index in [4.69, 9.17) is 27.9 Å². The van der Waals surface area contributed by atoms with Gasteiger partial charge in [-0.2, -0.15) is 0 Å². The zero-order valence-corrected chi connectivity index (χ0v) is 13.0. The average molecular weight is 321 g/mol. The standard InChI is InChI=1S/C17H14Cl2O2/c1-2-21-17(20)11-14(12-7-3-5-9-15(12)18)13-8-4-6-10-16(13)19/h3-11H,2H2,1H3. The Morgan fingerprint density at radius 3 is 1.90 bits per heavy atom. The highest BCUT2D eigenvalue weighted by Crippen LogP contribution is 2.33. The predicted octanol–water partition coefficient (Wildman–Crippen LogP) is 4.99. The Morgan fingerprint density at radius 2 is 1.48 bits per heavy atom. The van der Waals surface area contributed by atoms with Crippen LogP contribution >= 0.6 is 23.2 Å². The SMILES string of the molecule is CCOC(=O)C=C(c1ccccc1Cl)c1ccccc1Cl. The minimum atomic E-state index is -0.424. The Morgan fingerprint density at radius 1 is 1.00 bits per heavy atom. The maximum Gasteiger partial charge on any atom is 0.331 e. The molecule has 0 aromatic heterocycles. The van der Waals surface area contributed by atoms with E-state index in [0.717, 1.165) is 11.1 Å². The van der Waals surface area contributed by atoms with Crippen LogP contribution in [0.25, 0.3) is 5.57 Å². The van der Waals surface area contributed by atoms with Crippen molar-refractivity contribution in [3.63, 3.8) is 0 Å². The zero-order chi connectivity index (χ0) is 15.2. The van der Waals surface area contributed by atoms with Crippen molar-refractivity contribution in [2.45, 2.75) is 6.92 Å². The second kappa shape index (κ2) is 7.30. The number of hydrogen-bond donors (Lipinski definition) is 0. The van der Waals surface area contributed by atoms with Gasteiger partial charge in [0.1, 0.15) is 0 Å². The number of hydrogen-bond acceptors (Lipinski definition) is 2. The van der Waals surface area contributed by atoms with Crippen LogP contribution in [0, 0.1) is 0 Å². The molecule has 108 valence electrons. The van der Waals surface area contributed by atoms with Crippen LogP contribution in [0.2, 0.25) is 10.0 Å². The fraction of sp³-hybridized carbons (Fsp3) is 0.118. The largest absolute Gasteiger partial charge is 0.463 e. The highest BCUT2D eigenvalue weighted by atomic mass is 35.5. The molecule has 0 bridgehead atoms. The average Bonchev–Trinajstić information content (AvgIpc) is 2.47. The molecule has 0 spiro atoms. The summed E-state index contributed by atoms with van der Waals surface area (Å²) in [6, 6.07) is 14.6. The molecular formula is C17H14Cl2O2. The molecule has 2 rings (SSSR count). The number of ether oxygens (including phenoxy) is 1. The molecule has 2 aromatic carbocycles. The van der Waals surface area contributed by atoms with Gasteiger partial charge in [0.2, 0.25) is 0 Å². The van der Waals surface area contributed by atoms with Crippen molar-refractivity contribution in [2.75, 3.05) is 6.61 Å². The first-order chi connectivity index (χ1) is 10.1. The van der Waals surface area contributed by atoms with E-state index in [2.05, 4.69) is 0 Å². The Labute approximate surface area is 134 Å². The summed E-state index contributed by atoms with van der Waals surface area (Å²) in [4.78, 5) is 11.8. The third-order valence-corrected chi connectivity index (χ3v) is 3.54. The summed E-state index contributed by atoms with van der Waals surface area (Å²) in [5.74, 6) is -0.424. The molecule has 0 N–H and O–H groups in total.